The van der Waals surface area contributed by atoms with Gasteiger partial charge in [-0.25, -0.2) is 0 Å². The quantitative estimate of drug-likeness (QED) is 0.122. The van der Waals surface area contributed by atoms with Crippen molar-refractivity contribution in [2.75, 3.05) is 0 Å². The summed E-state index contributed by atoms with van der Waals surface area (Å²) in [4.78, 5) is 0. The van der Waals surface area contributed by atoms with Crippen molar-refractivity contribution in [1.82, 2.24) is 0 Å². The van der Waals surface area contributed by atoms with E-state index in [1.165, 1.54) is 99.4 Å². The first-order valence-electron chi connectivity index (χ1n) is 15.8. The van der Waals surface area contributed by atoms with Gasteiger partial charge in [0.1, 0.15) is 0 Å². The van der Waals surface area contributed by atoms with Crippen molar-refractivity contribution in [2.45, 2.75) is 82.3 Å². The first-order chi connectivity index (χ1) is 21.8. The Labute approximate surface area is 299 Å². The van der Waals surface area contributed by atoms with Crippen molar-refractivity contribution < 1.29 is 20.8 Å². The molecule has 0 aliphatic heterocycles. The molecule has 2 radical (unpaired) electrons. The van der Waals surface area contributed by atoms with E-state index in [1.54, 1.807) is 0 Å². The second kappa shape index (κ2) is 17.3. The zero-order valence-electron chi connectivity index (χ0n) is 29.7. The minimum absolute atomic E-state index is 0.826. The van der Waals surface area contributed by atoms with Gasteiger partial charge in [-0.15, -0.1) is 69.1 Å². The molecule has 0 atom stereocenters. The topological polar surface area (TPSA) is 0 Å². The average molecular weight is 743 g/mol. The Hall–Kier alpha value is -2.22. The van der Waals surface area contributed by atoms with Crippen LogP contribution in [0.5, 0.6) is 0 Å². The Bertz CT molecular complexity index is 1800. The van der Waals surface area contributed by atoms with Gasteiger partial charge < -0.3 is 0 Å². The van der Waals surface area contributed by atoms with E-state index in [-0.39, 0.29) is 0 Å². The average Bonchev–Trinajstić information content (AvgIpc) is 3.55. The van der Waals surface area contributed by atoms with Crippen LogP contribution in [0.4, 0.5) is 0 Å². The molecule has 0 fully saturated rings. The third-order valence-electron chi connectivity index (χ3n) is 8.65. The third-order valence-corrected chi connectivity index (χ3v) is 8.65. The molecule has 0 aromatic heterocycles. The number of aryl methyl sites for hydroxylation is 8. The molecule has 0 aliphatic carbocycles. The molecular formula is C42H48Cl2SiZr. The summed E-state index contributed by atoms with van der Waals surface area (Å²) >= 11 is -0.826. The molecule has 238 valence electrons. The van der Waals surface area contributed by atoms with Crippen molar-refractivity contribution >= 4 is 48.1 Å². The van der Waals surface area contributed by atoms with E-state index in [2.05, 4.69) is 155 Å². The fourth-order valence-electron chi connectivity index (χ4n) is 6.40. The summed E-state index contributed by atoms with van der Waals surface area (Å²) in [5.74, 6) is 0. The van der Waals surface area contributed by atoms with Crippen LogP contribution in [0, 0.1) is 69.2 Å². The number of benzene rings is 4. The van der Waals surface area contributed by atoms with Crippen LogP contribution in [0.15, 0.2) is 72.8 Å². The summed E-state index contributed by atoms with van der Waals surface area (Å²) in [6.45, 7) is 26.3. The zero-order chi connectivity index (χ0) is 34.3. The summed E-state index contributed by atoms with van der Waals surface area (Å²) < 4.78 is 0. The first kappa shape index (κ1) is 38.2. The Balaban J connectivity index is 0.000000214. The normalized spacial score (nSPS) is 10.4. The van der Waals surface area contributed by atoms with Gasteiger partial charge in [-0.2, -0.15) is 12.1 Å². The van der Waals surface area contributed by atoms with Crippen LogP contribution < -0.4 is 0 Å². The SMILES string of the molecule is C[Si]C.Cc1cc(C)c(C)c(-c2c(C)ccc3[cH-]c(C)cc23)c1.Cc1cc(C)c(C)c(-c2c(C)ccc3[cH-]c(C)cc23)c1.[Cl][Zr+2][Cl]. The summed E-state index contributed by atoms with van der Waals surface area (Å²) in [5.41, 5.74) is 19.2. The van der Waals surface area contributed by atoms with Crippen molar-refractivity contribution in [3.63, 3.8) is 0 Å². The summed E-state index contributed by atoms with van der Waals surface area (Å²) in [7, 11) is 11.0. The van der Waals surface area contributed by atoms with Gasteiger partial charge in [0.15, 0.2) is 0 Å². The number of hydrogen-bond acceptors (Lipinski definition) is 0. The van der Waals surface area contributed by atoms with E-state index in [9.17, 15) is 0 Å². The predicted molar refractivity (Wildman–Crippen MR) is 207 cm³/mol. The van der Waals surface area contributed by atoms with Crippen LogP contribution in [-0.4, -0.2) is 9.52 Å². The number of rotatable bonds is 2. The number of halogens is 2. The van der Waals surface area contributed by atoms with E-state index < -0.39 is 20.8 Å². The second-order valence-corrected chi connectivity index (χ2v) is 17.4. The van der Waals surface area contributed by atoms with Crippen LogP contribution in [0.25, 0.3) is 43.8 Å². The molecular weight excluding hydrogens is 695 g/mol. The van der Waals surface area contributed by atoms with E-state index in [0.717, 1.165) is 9.52 Å². The van der Waals surface area contributed by atoms with Gasteiger partial charge >= 0.3 is 37.9 Å². The minimum atomic E-state index is -0.826. The van der Waals surface area contributed by atoms with Crippen LogP contribution in [-0.2, 0) is 20.8 Å². The van der Waals surface area contributed by atoms with Crippen molar-refractivity contribution in [3.05, 3.63) is 128 Å². The molecule has 46 heavy (non-hydrogen) atoms. The number of hydrogen-bond donors (Lipinski definition) is 0. The second-order valence-electron chi connectivity index (χ2n) is 12.7. The molecule has 0 heterocycles. The molecule has 0 unspecified atom stereocenters. The molecule has 0 aliphatic rings. The Morgan fingerprint density at radius 1 is 0.500 bits per heavy atom. The molecule has 0 bridgehead atoms. The molecule has 6 rings (SSSR count). The van der Waals surface area contributed by atoms with Gasteiger partial charge in [-0.1, -0.05) is 84.6 Å². The zero-order valence-corrected chi connectivity index (χ0v) is 34.7. The van der Waals surface area contributed by atoms with E-state index >= 15 is 0 Å². The van der Waals surface area contributed by atoms with Crippen molar-refractivity contribution in [3.8, 4) is 22.3 Å². The maximum atomic E-state index is 4.93. The molecule has 6 aromatic carbocycles. The van der Waals surface area contributed by atoms with E-state index in [1.807, 2.05) is 0 Å². The Kier molecular flexibility index (Phi) is 14.3. The fraction of sp³-hybridized carbons (Fsp3) is 0.286. The summed E-state index contributed by atoms with van der Waals surface area (Å²) in [5, 5.41) is 5.47. The Morgan fingerprint density at radius 2 is 0.826 bits per heavy atom. The van der Waals surface area contributed by atoms with E-state index in [4.69, 9.17) is 17.0 Å². The van der Waals surface area contributed by atoms with Crippen molar-refractivity contribution in [2.24, 2.45) is 0 Å². The van der Waals surface area contributed by atoms with Gasteiger partial charge in [0, 0.05) is 9.52 Å². The van der Waals surface area contributed by atoms with Crippen molar-refractivity contribution in [1.29, 1.82) is 0 Å². The van der Waals surface area contributed by atoms with Crippen LogP contribution >= 0.6 is 17.0 Å². The first-order valence-corrected chi connectivity index (χ1v) is 24.1. The third kappa shape index (κ3) is 9.02. The number of fused-ring (bicyclic) bond motifs is 2. The van der Waals surface area contributed by atoms with Crippen LogP contribution in [0.2, 0.25) is 13.1 Å². The molecule has 0 saturated carbocycles. The molecule has 0 N–H and O–H groups in total. The molecule has 0 amide bonds. The van der Waals surface area contributed by atoms with Gasteiger partial charge in [0.05, 0.1) is 0 Å². The maximum absolute atomic E-state index is 4.93. The fourth-order valence-corrected chi connectivity index (χ4v) is 6.40. The van der Waals surface area contributed by atoms with Gasteiger partial charge in [0.2, 0.25) is 0 Å². The Morgan fingerprint density at radius 3 is 1.15 bits per heavy atom. The molecule has 0 nitrogen and oxygen atoms in total. The standard InChI is InChI=1S/2C20H21.C2H6Si.2ClH.Zr/c2*1-12-8-15(4)16(5)18(10-12)20-14(3)6-7-17-9-13(2)11-19(17)20;1-3-2;;;/h2*6-11H,1-5H3;1-2H3;2*1H;/q2*-1;;;;+4/p-2. The van der Waals surface area contributed by atoms with Gasteiger partial charge in [0.25, 0.3) is 0 Å². The summed E-state index contributed by atoms with van der Waals surface area (Å²) in [6.07, 6.45) is 0. The van der Waals surface area contributed by atoms with E-state index in [0.29, 0.717) is 0 Å². The monoisotopic (exact) mass is 740 g/mol. The van der Waals surface area contributed by atoms with Crippen LogP contribution in [0.1, 0.15) is 55.6 Å². The van der Waals surface area contributed by atoms with Crippen LogP contribution in [0.3, 0.4) is 0 Å². The molecule has 0 spiro atoms. The predicted octanol–water partition coefficient (Wildman–Crippen LogP) is 13.7. The molecule has 6 aromatic rings. The molecule has 0 saturated heterocycles. The van der Waals surface area contributed by atoms with Gasteiger partial charge in [-0.3, -0.25) is 0 Å². The van der Waals surface area contributed by atoms with Gasteiger partial charge in [-0.05, 0) is 88.8 Å². The molecule has 4 heteroatoms. The summed E-state index contributed by atoms with van der Waals surface area (Å²) in [6, 6.07) is 27.3.